The Balaban J connectivity index is 1.83. The minimum atomic E-state index is 0.290. The van der Waals surface area contributed by atoms with Gasteiger partial charge in [0, 0.05) is 38.0 Å². The van der Waals surface area contributed by atoms with Gasteiger partial charge in [-0.1, -0.05) is 6.92 Å². The molecule has 1 aliphatic rings. The summed E-state index contributed by atoms with van der Waals surface area (Å²) >= 11 is 0. The summed E-state index contributed by atoms with van der Waals surface area (Å²) in [5.41, 5.74) is 2.70. The fraction of sp³-hybridized carbons (Fsp3) is 0.571. The van der Waals surface area contributed by atoms with Crippen molar-refractivity contribution in [3.8, 4) is 0 Å². The summed E-state index contributed by atoms with van der Waals surface area (Å²) in [6.45, 7) is 12.1. The van der Waals surface area contributed by atoms with Crippen molar-refractivity contribution >= 4 is 28.6 Å². The van der Waals surface area contributed by atoms with Crippen LogP contribution in [0.5, 0.6) is 0 Å². The highest BCUT2D eigenvalue weighted by Gasteiger charge is 2.27. The maximum Gasteiger partial charge on any atom is 0.228 e. The third-order valence-electron chi connectivity index (χ3n) is 5.48. The van der Waals surface area contributed by atoms with Crippen LogP contribution >= 0.6 is 0 Å². The van der Waals surface area contributed by atoms with Crippen molar-refractivity contribution in [1.82, 2.24) is 35.0 Å². The van der Waals surface area contributed by atoms with E-state index in [-0.39, 0.29) is 0 Å². The van der Waals surface area contributed by atoms with Gasteiger partial charge >= 0.3 is 0 Å². The van der Waals surface area contributed by atoms with Crippen molar-refractivity contribution in [2.75, 3.05) is 36.5 Å². The van der Waals surface area contributed by atoms with E-state index >= 15 is 0 Å². The predicted octanol–water partition coefficient (Wildman–Crippen LogP) is 2.15. The van der Waals surface area contributed by atoms with E-state index in [1.54, 1.807) is 6.20 Å². The first kappa shape index (κ1) is 21.4. The van der Waals surface area contributed by atoms with Crippen molar-refractivity contribution in [2.24, 2.45) is 0 Å². The molecule has 166 valence electrons. The average molecular weight is 426 g/mol. The quantitative estimate of drug-likeness (QED) is 0.525. The van der Waals surface area contributed by atoms with E-state index in [1.807, 2.05) is 17.7 Å². The Morgan fingerprint density at radius 3 is 2.87 bits per heavy atom. The molecule has 3 aromatic heterocycles. The summed E-state index contributed by atoms with van der Waals surface area (Å²) in [5.74, 6) is 2.09. The molecule has 4 rings (SSSR count). The van der Waals surface area contributed by atoms with Gasteiger partial charge in [-0.3, -0.25) is 4.68 Å². The zero-order valence-corrected chi connectivity index (χ0v) is 18.7. The number of aryl methyl sites for hydroxylation is 1. The number of anilines is 3. The van der Waals surface area contributed by atoms with E-state index in [9.17, 15) is 0 Å². The lowest BCUT2D eigenvalue weighted by molar-refractivity contribution is 0.137. The molecule has 31 heavy (non-hydrogen) atoms. The molecule has 2 N–H and O–H groups in total. The second kappa shape index (κ2) is 9.52. The molecule has 0 bridgehead atoms. The first-order chi connectivity index (χ1) is 15.1. The Morgan fingerprint density at radius 1 is 1.26 bits per heavy atom. The Labute approximate surface area is 182 Å². The summed E-state index contributed by atoms with van der Waals surface area (Å²) in [7, 11) is 0. The van der Waals surface area contributed by atoms with Crippen LogP contribution in [0.4, 0.5) is 17.6 Å². The molecule has 1 fully saturated rings. The lowest BCUT2D eigenvalue weighted by Gasteiger charge is -2.37. The number of fused-ring (bicyclic) bond motifs is 1. The summed E-state index contributed by atoms with van der Waals surface area (Å²) in [6.07, 6.45) is 4.01. The smallest absolute Gasteiger partial charge is 0.228 e. The lowest BCUT2D eigenvalue weighted by Crippen LogP contribution is -2.55. The van der Waals surface area contributed by atoms with Gasteiger partial charge in [0.15, 0.2) is 5.82 Å². The van der Waals surface area contributed by atoms with Crippen molar-refractivity contribution in [1.29, 1.82) is 0 Å². The largest absolute Gasteiger partial charge is 0.380 e. The van der Waals surface area contributed by atoms with E-state index in [0.29, 0.717) is 49.4 Å². The molecule has 0 radical (unpaired) electrons. The molecule has 1 saturated heterocycles. The van der Waals surface area contributed by atoms with Gasteiger partial charge < -0.3 is 20.3 Å². The standard InChI is InChI=1S/C21H31N9O/c1-5-16-18-19(30(28-16)9-10-31-6-2)20(25-17-7-8-22-13-24-17)27-21(26-18)29-12-14(3)23-11-15(29)4/h7-8,13-15,23H,5-6,9-12H2,1-4H3,(H,22,24,25,26,27)/t14-,15+/m0/s1. The Kier molecular flexibility index (Phi) is 6.57. The van der Waals surface area contributed by atoms with Crippen LogP contribution in [0.15, 0.2) is 18.6 Å². The van der Waals surface area contributed by atoms with E-state index < -0.39 is 0 Å². The third kappa shape index (κ3) is 4.59. The van der Waals surface area contributed by atoms with Crippen molar-refractivity contribution in [2.45, 2.75) is 52.7 Å². The predicted molar refractivity (Wildman–Crippen MR) is 121 cm³/mol. The molecule has 0 saturated carbocycles. The second-order valence-corrected chi connectivity index (χ2v) is 7.82. The van der Waals surface area contributed by atoms with E-state index in [0.717, 1.165) is 36.2 Å². The third-order valence-corrected chi connectivity index (χ3v) is 5.48. The maximum atomic E-state index is 5.57. The molecule has 10 nitrogen and oxygen atoms in total. The summed E-state index contributed by atoms with van der Waals surface area (Å²) in [6, 6.07) is 2.48. The van der Waals surface area contributed by atoms with Crippen LogP contribution in [-0.2, 0) is 17.7 Å². The van der Waals surface area contributed by atoms with Gasteiger partial charge in [-0.2, -0.15) is 10.1 Å². The topological polar surface area (TPSA) is 106 Å². The van der Waals surface area contributed by atoms with Crippen LogP contribution in [0, 0.1) is 0 Å². The summed E-state index contributed by atoms with van der Waals surface area (Å²) in [5, 5.41) is 11.7. The Bertz CT molecular complexity index is 1010. The molecule has 0 aliphatic carbocycles. The number of aromatic nitrogens is 6. The first-order valence-electron chi connectivity index (χ1n) is 11.0. The van der Waals surface area contributed by atoms with Crippen LogP contribution in [0.2, 0.25) is 0 Å². The minimum Gasteiger partial charge on any atom is -0.380 e. The monoisotopic (exact) mass is 425 g/mol. The van der Waals surface area contributed by atoms with Gasteiger partial charge in [0.2, 0.25) is 5.95 Å². The summed E-state index contributed by atoms with van der Waals surface area (Å²) < 4.78 is 7.52. The second-order valence-electron chi connectivity index (χ2n) is 7.82. The van der Waals surface area contributed by atoms with Crippen molar-refractivity contribution < 1.29 is 4.74 Å². The van der Waals surface area contributed by atoms with Gasteiger partial charge in [-0.15, -0.1) is 0 Å². The van der Waals surface area contributed by atoms with Crippen molar-refractivity contribution in [3.63, 3.8) is 0 Å². The van der Waals surface area contributed by atoms with Crippen LogP contribution in [0.1, 0.15) is 33.4 Å². The zero-order chi connectivity index (χ0) is 21.8. The van der Waals surface area contributed by atoms with Gasteiger partial charge in [-0.05, 0) is 33.3 Å². The highest BCUT2D eigenvalue weighted by molar-refractivity contribution is 5.90. The number of nitrogens with one attached hydrogen (secondary N) is 2. The van der Waals surface area contributed by atoms with E-state index in [4.69, 9.17) is 19.8 Å². The normalized spacial score (nSPS) is 19.2. The number of rotatable bonds is 8. The molecule has 0 spiro atoms. The highest BCUT2D eigenvalue weighted by Crippen LogP contribution is 2.29. The van der Waals surface area contributed by atoms with Crippen molar-refractivity contribution in [3.05, 3.63) is 24.3 Å². The average Bonchev–Trinajstić information content (AvgIpc) is 3.14. The molecule has 0 aromatic carbocycles. The fourth-order valence-electron chi connectivity index (χ4n) is 3.83. The first-order valence-corrected chi connectivity index (χ1v) is 11.0. The summed E-state index contributed by atoms with van der Waals surface area (Å²) in [4.78, 5) is 20.5. The molecule has 3 aromatic rings. The van der Waals surface area contributed by atoms with Gasteiger partial charge in [-0.25, -0.2) is 15.0 Å². The molecule has 0 amide bonds. The molecule has 1 aliphatic heterocycles. The minimum absolute atomic E-state index is 0.290. The van der Waals surface area contributed by atoms with E-state index in [2.05, 4.69) is 46.3 Å². The number of piperazine rings is 1. The maximum absolute atomic E-state index is 5.57. The molecule has 10 heteroatoms. The molecular weight excluding hydrogens is 394 g/mol. The van der Waals surface area contributed by atoms with Crippen LogP contribution in [-0.4, -0.2) is 68.1 Å². The number of hydrogen-bond acceptors (Lipinski definition) is 9. The number of nitrogens with zero attached hydrogens (tertiary/aromatic N) is 7. The molecule has 2 atom stereocenters. The van der Waals surface area contributed by atoms with Crippen LogP contribution < -0.4 is 15.5 Å². The van der Waals surface area contributed by atoms with Gasteiger partial charge in [0.1, 0.15) is 23.2 Å². The Hall–Kier alpha value is -2.85. The Morgan fingerprint density at radius 2 is 2.13 bits per heavy atom. The zero-order valence-electron chi connectivity index (χ0n) is 18.7. The highest BCUT2D eigenvalue weighted by atomic mass is 16.5. The van der Waals surface area contributed by atoms with E-state index in [1.165, 1.54) is 6.33 Å². The fourth-order valence-corrected chi connectivity index (χ4v) is 3.83. The van der Waals surface area contributed by atoms with Crippen LogP contribution in [0.3, 0.4) is 0 Å². The van der Waals surface area contributed by atoms with Gasteiger partial charge in [0.05, 0.1) is 18.8 Å². The number of hydrogen-bond donors (Lipinski definition) is 2. The number of ether oxygens (including phenoxy) is 1. The molecule has 0 unspecified atom stereocenters. The molecule has 4 heterocycles. The molecular formula is C21H31N9O. The van der Waals surface area contributed by atoms with Gasteiger partial charge in [0.25, 0.3) is 0 Å². The lowest BCUT2D eigenvalue weighted by atomic mass is 10.1. The van der Waals surface area contributed by atoms with Crippen LogP contribution in [0.25, 0.3) is 11.0 Å². The SMILES string of the molecule is CCOCCn1nc(CC)c2nc(N3C[C@H](C)NC[C@H]3C)nc(Nc3ccncn3)c21.